The molecule has 1 unspecified atom stereocenters. The van der Waals surface area contributed by atoms with Crippen LogP contribution in [0, 0.1) is 10.1 Å². The first-order valence-corrected chi connectivity index (χ1v) is 8.69. The molecule has 6 nitrogen and oxygen atoms in total. The van der Waals surface area contributed by atoms with Crippen molar-refractivity contribution in [3.63, 3.8) is 0 Å². The zero-order valence-corrected chi connectivity index (χ0v) is 14.6. The molecular weight excluding hydrogens is 308 g/mol. The predicted octanol–water partition coefficient (Wildman–Crippen LogP) is 4.09. The number of benzene rings is 1. The normalized spacial score (nSPS) is 11.9. The molecule has 0 saturated heterocycles. The van der Waals surface area contributed by atoms with Crippen molar-refractivity contribution in [3.05, 3.63) is 39.9 Å². The molecule has 0 aliphatic heterocycles. The minimum absolute atomic E-state index is 0.0408. The van der Waals surface area contributed by atoms with Crippen molar-refractivity contribution in [2.24, 2.45) is 0 Å². The quantitative estimate of drug-likeness (QED) is 0.269. The van der Waals surface area contributed by atoms with E-state index in [1.807, 2.05) is 0 Å². The smallest absolute Gasteiger partial charge is 0.338 e. The molecule has 0 aliphatic carbocycles. The maximum atomic E-state index is 11.8. The summed E-state index contributed by atoms with van der Waals surface area (Å²) in [4.78, 5) is 21.9. The van der Waals surface area contributed by atoms with Crippen LogP contribution in [0.25, 0.3) is 0 Å². The summed E-state index contributed by atoms with van der Waals surface area (Å²) in [6.07, 6.45) is 7.48. The Labute approximate surface area is 143 Å². The average molecular weight is 336 g/mol. The van der Waals surface area contributed by atoms with Crippen LogP contribution in [0.3, 0.4) is 0 Å². The molecule has 134 valence electrons. The predicted molar refractivity (Wildman–Crippen MR) is 94.2 cm³/mol. The Morgan fingerprint density at radius 3 is 2.50 bits per heavy atom. The Kier molecular flexibility index (Phi) is 9.68. The summed E-state index contributed by atoms with van der Waals surface area (Å²) in [5, 5.41) is 13.9. The number of unbranched alkanes of at least 4 members (excludes halogenated alkanes) is 4. The Morgan fingerprint density at radius 2 is 1.88 bits per heavy atom. The molecule has 1 aromatic carbocycles. The van der Waals surface area contributed by atoms with Crippen LogP contribution in [0.1, 0.15) is 62.7 Å². The lowest BCUT2D eigenvalue weighted by Crippen LogP contribution is -2.30. The van der Waals surface area contributed by atoms with Gasteiger partial charge < -0.3 is 10.1 Å². The summed E-state index contributed by atoms with van der Waals surface area (Å²) >= 11 is 0. The lowest BCUT2D eigenvalue weighted by molar-refractivity contribution is -0.384. The zero-order valence-electron chi connectivity index (χ0n) is 14.6. The van der Waals surface area contributed by atoms with Gasteiger partial charge in [0.15, 0.2) is 0 Å². The highest BCUT2D eigenvalue weighted by atomic mass is 16.6. The summed E-state index contributed by atoms with van der Waals surface area (Å²) in [6, 6.07) is 5.83. The Hall–Kier alpha value is -1.95. The number of carbonyl (C=O) groups is 1. The van der Waals surface area contributed by atoms with Crippen LogP contribution < -0.4 is 5.32 Å². The van der Waals surface area contributed by atoms with Crippen molar-refractivity contribution >= 4 is 11.7 Å². The van der Waals surface area contributed by atoms with Gasteiger partial charge in [0.1, 0.15) is 6.61 Å². The summed E-state index contributed by atoms with van der Waals surface area (Å²) in [6.45, 7) is 5.24. The zero-order chi connectivity index (χ0) is 17.8. The number of nitro groups is 1. The highest BCUT2D eigenvalue weighted by molar-refractivity contribution is 5.89. The molecule has 24 heavy (non-hydrogen) atoms. The van der Waals surface area contributed by atoms with Crippen LogP contribution in [0.4, 0.5) is 5.69 Å². The molecular formula is C18H28N2O4. The Morgan fingerprint density at radius 1 is 1.21 bits per heavy atom. The fraction of sp³-hybridized carbons (Fsp3) is 0.611. The number of carbonyl (C=O) groups excluding carboxylic acids is 1. The number of hydrogen-bond acceptors (Lipinski definition) is 5. The van der Waals surface area contributed by atoms with Gasteiger partial charge in [-0.25, -0.2) is 4.79 Å². The number of esters is 1. The average Bonchev–Trinajstić information content (AvgIpc) is 2.58. The van der Waals surface area contributed by atoms with Gasteiger partial charge in [0, 0.05) is 24.7 Å². The first-order chi connectivity index (χ1) is 11.5. The molecule has 1 rings (SSSR count). The van der Waals surface area contributed by atoms with E-state index in [0.717, 1.165) is 6.42 Å². The monoisotopic (exact) mass is 336 g/mol. The molecule has 0 saturated carbocycles. The second kappa shape index (κ2) is 11.6. The number of nitrogens with one attached hydrogen (secondary N) is 1. The van der Waals surface area contributed by atoms with Gasteiger partial charge >= 0.3 is 5.97 Å². The minimum Gasteiger partial charge on any atom is -0.461 e. The van der Waals surface area contributed by atoms with E-state index in [0.29, 0.717) is 18.2 Å². The fourth-order valence-corrected chi connectivity index (χ4v) is 2.41. The largest absolute Gasteiger partial charge is 0.461 e. The minimum atomic E-state index is -0.497. The van der Waals surface area contributed by atoms with Gasteiger partial charge in [-0.1, -0.05) is 39.0 Å². The second-order valence-electron chi connectivity index (χ2n) is 6.00. The Balaban J connectivity index is 2.15. The first-order valence-electron chi connectivity index (χ1n) is 8.69. The molecule has 0 fully saturated rings. The first kappa shape index (κ1) is 20.1. The van der Waals surface area contributed by atoms with E-state index in [4.69, 9.17) is 4.74 Å². The SMILES string of the molecule is CCCCCCCC(C)NCCOC(=O)c1ccc([N+](=O)[O-])cc1. The number of non-ortho nitro benzene ring substituents is 1. The molecule has 6 heteroatoms. The lowest BCUT2D eigenvalue weighted by Gasteiger charge is -2.13. The third-order valence-corrected chi connectivity index (χ3v) is 3.88. The maximum Gasteiger partial charge on any atom is 0.338 e. The molecule has 1 aromatic rings. The standard InChI is InChI=1S/C18H28N2O4/c1-3-4-5-6-7-8-15(2)19-13-14-24-18(21)16-9-11-17(12-10-16)20(22)23/h9-12,15,19H,3-8,13-14H2,1-2H3. The second-order valence-corrected chi connectivity index (χ2v) is 6.00. The molecule has 0 bridgehead atoms. The van der Waals surface area contributed by atoms with E-state index in [-0.39, 0.29) is 12.3 Å². The summed E-state index contributed by atoms with van der Waals surface area (Å²) in [5.41, 5.74) is 0.283. The highest BCUT2D eigenvalue weighted by Crippen LogP contribution is 2.12. The van der Waals surface area contributed by atoms with Crippen molar-refractivity contribution in [2.75, 3.05) is 13.2 Å². The third kappa shape index (κ3) is 8.06. The molecule has 1 N–H and O–H groups in total. The van der Waals surface area contributed by atoms with Crippen molar-refractivity contribution in [3.8, 4) is 0 Å². The van der Waals surface area contributed by atoms with Gasteiger partial charge in [-0.2, -0.15) is 0 Å². The topological polar surface area (TPSA) is 81.5 Å². The van der Waals surface area contributed by atoms with Crippen molar-refractivity contribution < 1.29 is 14.5 Å². The van der Waals surface area contributed by atoms with E-state index in [1.54, 1.807) is 0 Å². The van der Waals surface area contributed by atoms with Crippen molar-refractivity contribution in [2.45, 2.75) is 58.4 Å². The van der Waals surface area contributed by atoms with Crippen LogP contribution >= 0.6 is 0 Å². The van der Waals surface area contributed by atoms with Crippen LogP contribution in [-0.4, -0.2) is 30.1 Å². The third-order valence-electron chi connectivity index (χ3n) is 3.88. The molecule has 0 heterocycles. The van der Waals surface area contributed by atoms with Gasteiger partial charge in [-0.3, -0.25) is 10.1 Å². The van der Waals surface area contributed by atoms with Gasteiger partial charge in [0.05, 0.1) is 10.5 Å². The molecule has 1 atom stereocenters. The number of rotatable bonds is 12. The maximum absolute atomic E-state index is 11.8. The van der Waals surface area contributed by atoms with Crippen LogP contribution in [0.5, 0.6) is 0 Å². The van der Waals surface area contributed by atoms with E-state index >= 15 is 0 Å². The molecule has 0 amide bonds. The van der Waals surface area contributed by atoms with E-state index < -0.39 is 10.9 Å². The van der Waals surface area contributed by atoms with Gasteiger partial charge in [0.25, 0.3) is 5.69 Å². The fourth-order valence-electron chi connectivity index (χ4n) is 2.41. The molecule has 0 radical (unpaired) electrons. The van der Waals surface area contributed by atoms with Gasteiger partial charge in [-0.15, -0.1) is 0 Å². The van der Waals surface area contributed by atoms with Gasteiger partial charge in [-0.05, 0) is 25.5 Å². The van der Waals surface area contributed by atoms with Crippen molar-refractivity contribution in [1.82, 2.24) is 5.32 Å². The van der Waals surface area contributed by atoms with Crippen molar-refractivity contribution in [1.29, 1.82) is 0 Å². The lowest BCUT2D eigenvalue weighted by atomic mass is 10.1. The van der Waals surface area contributed by atoms with Crippen LogP contribution in [-0.2, 0) is 4.74 Å². The summed E-state index contributed by atoms with van der Waals surface area (Å²) in [5.74, 6) is -0.459. The van der Waals surface area contributed by atoms with Crippen LogP contribution in [0.2, 0.25) is 0 Å². The van der Waals surface area contributed by atoms with E-state index in [9.17, 15) is 14.9 Å². The van der Waals surface area contributed by atoms with Crippen LogP contribution in [0.15, 0.2) is 24.3 Å². The highest BCUT2D eigenvalue weighted by Gasteiger charge is 2.10. The summed E-state index contributed by atoms with van der Waals surface area (Å²) < 4.78 is 5.17. The number of ether oxygens (including phenoxy) is 1. The van der Waals surface area contributed by atoms with E-state index in [1.165, 1.54) is 56.4 Å². The Bertz CT molecular complexity index is 502. The van der Waals surface area contributed by atoms with Gasteiger partial charge in [0.2, 0.25) is 0 Å². The van der Waals surface area contributed by atoms with E-state index in [2.05, 4.69) is 19.2 Å². The number of nitrogens with zero attached hydrogens (tertiary/aromatic N) is 1. The molecule has 0 aliphatic rings. The molecule has 0 aromatic heterocycles. The summed E-state index contributed by atoms with van der Waals surface area (Å²) in [7, 11) is 0. The number of nitro benzene ring substituents is 1. The molecule has 0 spiro atoms. The number of hydrogen-bond donors (Lipinski definition) is 1.